The van der Waals surface area contributed by atoms with Crippen LogP contribution in [0.3, 0.4) is 0 Å². The summed E-state index contributed by atoms with van der Waals surface area (Å²) in [6.45, 7) is 7.47. The molecule has 0 aromatic heterocycles. The van der Waals surface area contributed by atoms with E-state index in [2.05, 4.69) is 0 Å². The van der Waals surface area contributed by atoms with Gasteiger partial charge in [-0.25, -0.2) is 9.59 Å². The molecule has 0 aromatic rings. The standard InChI is InChI=1S/C20H24O9/c1-7-12(22)26-10-6-17-9-5-8(16(2,3)4)18(17)11(21)13(23)28-15(18)29-20(17,14(24)27-9)19(7,10)25/h7-11,15,21,25H,5-6H2,1-4H3/t7-,8+,9-,10+,11+,15-,17-,18?,19-,20-/m1/s1. The third kappa shape index (κ3) is 1.35. The number of rotatable bonds is 0. The molecule has 2 spiro atoms. The van der Waals surface area contributed by atoms with E-state index in [1.54, 1.807) is 0 Å². The van der Waals surface area contributed by atoms with Crippen LogP contribution in [0.2, 0.25) is 0 Å². The number of carbonyl (C=O) groups excluding carboxylic acids is 3. The van der Waals surface area contributed by atoms with Crippen LogP contribution >= 0.6 is 0 Å². The van der Waals surface area contributed by atoms with Crippen LogP contribution in [-0.4, -0.2) is 63.9 Å². The molecular formula is C20H24O9. The van der Waals surface area contributed by atoms with Gasteiger partial charge in [0.1, 0.15) is 12.2 Å². The highest BCUT2D eigenvalue weighted by Gasteiger charge is 3.01. The van der Waals surface area contributed by atoms with Gasteiger partial charge in [0.2, 0.25) is 11.9 Å². The molecule has 2 aliphatic carbocycles. The number of hydrogen-bond donors (Lipinski definition) is 2. The molecule has 1 unspecified atom stereocenters. The minimum atomic E-state index is -1.97. The number of esters is 3. The number of ether oxygens (including phenoxy) is 4. The molecule has 6 rings (SSSR count). The van der Waals surface area contributed by atoms with Crippen molar-refractivity contribution >= 4 is 17.9 Å². The molecule has 2 N–H and O–H groups in total. The lowest BCUT2D eigenvalue weighted by Crippen LogP contribution is -2.66. The van der Waals surface area contributed by atoms with Gasteiger partial charge in [0, 0.05) is 6.42 Å². The van der Waals surface area contributed by atoms with Gasteiger partial charge in [-0.05, 0) is 24.7 Å². The van der Waals surface area contributed by atoms with E-state index >= 15 is 0 Å². The van der Waals surface area contributed by atoms with E-state index in [9.17, 15) is 24.6 Å². The van der Waals surface area contributed by atoms with Crippen molar-refractivity contribution < 1.29 is 43.5 Å². The average Bonchev–Trinajstić information content (AvgIpc) is 3.31. The Kier molecular flexibility index (Phi) is 2.79. The zero-order valence-corrected chi connectivity index (χ0v) is 16.6. The van der Waals surface area contributed by atoms with E-state index < -0.39 is 70.5 Å². The predicted molar refractivity (Wildman–Crippen MR) is 90.6 cm³/mol. The Bertz CT molecular complexity index is 893. The first-order valence-electron chi connectivity index (χ1n) is 10.1. The molecule has 6 aliphatic rings. The summed E-state index contributed by atoms with van der Waals surface area (Å²) in [4.78, 5) is 38.1. The second-order valence-electron chi connectivity index (χ2n) is 10.6. The highest BCUT2D eigenvalue weighted by molar-refractivity contribution is 5.93. The fourth-order valence-electron chi connectivity index (χ4n) is 8.06. The topological polar surface area (TPSA) is 129 Å². The highest BCUT2D eigenvalue weighted by Crippen LogP contribution is 2.84. The SMILES string of the molecule is C[C@@H]1C(=O)O[C@H]2C[C@@]34[C@H]5C[C@@H](C(C)(C)C)C36[C@H](OC(=O)[C@@H]6O)O[C@@]4(C(=O)O5)[C@]21O. The minimum absolute atomic E-state index is 0.0623. The van der Waals surface area contributed by atoms with Crippen LogP contribution in [0.25, 0.3) is 0 Å². The molecule has 2 saturated carbocycles. The van der Waals surface area contributed by atoms with Crippen molar-refractivity contribution in [3.63, 3.8) is 0 Å². The van der Waals surface area contributed by atoms with Crippen molar-refractivity contribution in [1.29, 1.82) is 0 Å². The number of aliphatic hydroxyl groups excluding tert-OH is 1. The fraction of sp³-hybridized carbons (Fsp3) is 0.850. The van der Waals surface area contributed by atoms with Crippen LogP contribution in [-0.2, 0) is 33.3 Å². The summed E-state index contributed by atoms with van der Waals surface area (Å²) in [5.41, 5.74) is -6.81. The van der Waals surface area contributed by atoms with Crippen LogP contribution in [0.5, 0.6) is 0 Å². The van der Waals surface area contributed by atoms with Gasteiger partial charge in [-0.1, -0.05) is 20.8 Å². The summed E-state index contributed by atoms with van der Waals surface area (Å²) < 4.78 is 22.9. The van der Waals surface area contributed by atoms with Crippen LogP contribution in [0.4, 0.5) is 0 Å². The Labute approximate surface area is 166 Å². The zero-order chi connectivity index (χ0) is 20.9. The average molecular weight is 408 g/mol. The molecule has 4 aliphatic heterocycles. The molecular weight excluding hydrogens is 384 g/mol. The number of carbonyl (C=O) groups is 3. The van der Waals surface area contributed by atoms with Crippen LogP contribution in [0.1, 0.15) is 40.5 Å². The molecule has 29 heavy (non-hydrogen) atoms. The van der Waals surface area contributed by atoms with Crippen molar-refractivity contribution in [3.8, 4) is 0 Å². The summed E-state index contributed by atoms with van der Waals surface area (Å²) in [5, 5.41) is 23.0. The zero-order valence-electron chi connectivity index (χ0n) is 16.6. The van der Waals surface area contributed by atoms with Crippen LogP contribution in [0, 0.1) is 28.1 Å². The van der Waals surface area contributed by atoms with Crippen LogP contribution < -0.4 is 0 Å². The Morgan fingerprint density at radius 1 is 1.03 bits per heavy atom. The molecule has 0 amide bonds. The molecule has 9 nitrogen and oxygen atoms in total. The van der Waals surface area contributed by atoms with E-state index in [-0.39, 0.29) is 17.8 Å². The number of hydrogen-bond acceptors (Lipinski definition) is 9. The first-order valence-corrected chi connectivity index (χ1v) is 10.1. The Balaban J connectivity index is 1.68. The van der Waals surface area contributed by atoms with E-state index in [0.717, 1.165) is 0 Å². The minimum Gasteiger partial charge on any atom is -0.459 e. The summed E-state index contributed by atoms with van der Waals surface area (Å²) in [7, 11) is 0. The summed E-state index contributed by atoms with van der Waals surface area (Å²) in [5.74, 6) is -3.52. The molecule has 0 bridgehead atoms. The maximum absolute atomic E-state index is 13.3. The lowest BCUT2D eigenvalue weighted by Gasteiger charge is -2.46. The van der Waals surface area contributed by atoms with Crippen molar-refractivity contribution in [2.75, 3.05) is 0 Å². The third-order valence-electron chi connectivity index (χ3n) is 8.97. The van der Waals surface area contributed by atoms with Gasteiger partial charge in [0.15, 0.2) is 11.7 Å². The Morgan fingerprint density at radius 3 is 2.38 bits per heavy atom. The summed E-state index contributed by atoms with van der Waals surface area (Å²) in [6.07, 6.45) is -3.96. The van der Waals surface area contributed by atoms with E-state index in [1.165, 1.54) is 6.92 Å². The quantitative estimate of drug-likeness (QED) is 0.408. The summed E-state index contributed by atoms with van der Waals surface area (Å²) >= 11 is 0. The lowest BCUT2D eigenvalue weighted by atomic mass is 9.51. The van der Waals surface area contributed by atoms with Gasteiger partial charge in [-0.2, -0.15) is 0 Å². The fourth-order valence-corrected chi connectivity index (χ4v) is 8.06. The molecule has 158 valence electrons. The summed E-state index contributed by atoms with van der Waals surface area (Å²) in [6, 6.07) is 0. The third-order valence-corrected chi connectivity index (χ3v) is 8.97. The normalized spacial score (nSPS) is 59.2. The number of fused-ring (bicyclic) bond motifs is 1. The maximum atomic E-state index is 13.3. The van der Waals surface area contributed by atoms with Gasteiger partial charge >= 0.3 is 17.9 Å². The maximum Gasteiger partial charge on any atom is 0.342 e. The monoisotopic (exact) mass is 408 g/mol. The van der Waals surface area contributed by atoms with Crippen LogP contribution in [0.15, 0.2) is 0 Å². The van der Waals surface area contributed by atoms with Gasteiger partial charge < -0.3 is 29.2 Å². The first kappa shape index (κ1) is 18.1. The number of aliphatic hydroxyl groups is 2. The second kappa shape index (κ2) is 4.48. The molecule has 0 aromatic carbocycles. The predicted octanol–water partition coefficient (Wildman–Crippen LogP) is -0.340. The largest absolute Gasteiger partial charge is 0.459 e. The smallest absolute Gasteiger partial charge is 0.342 e. The van der Waals surface area contributed by atoms with Gasteiger partial charge in [-0.3, -0.25) is 4.79 Å². The van der Waals surface area contributed by atoms with E-state index in [1.807, 2.05) is 20.8 Å². The van der Waals surface area contributed by atoms with Gasteiger partial charge in [0.25, 0.3) is 0 Å². The molecule has 10 atom stereocenters. The van der Waals surface area contributed by atoms with Gasteiger partial charge in [-0.15, -0.1) is 0 Å². The molecule has 4 saturated heterocycles. The van der Waals surface area contributed by atoms with Crippen molar-refractivity contribution in [3.05, 3.63) is 0 Å². The molecule has 6 fully saturated rings. The molecule has 4 heterocycles. The highest BCUT2D eigenvalue weighted by atomic mass is 16.8. The first-order chi connectivity index (χ1) is 13.4. The Morgan fingerprint density at radius 2 is 1.72 bits per heavy atom. The Hall–Kier alpha value is -1.71. The van der Waals surface area contributed by atoms with E-state index in [0.29, 0.717) is 6.42 Å². The molecule has 0 radical (unpaired) electrons. The van der Waals surface area contributed by atoms with Crippen molar-refractivity contribution in [1.82, 2.24) is 0 Å². The van der Waals surface area contributed by atoms with E-state index in [4.69, 9.17) is 18.9 Å². The van der Waals surface area contributed by atoms with Crippen molar-refractivity contribution in [2.45, 2.75) is 76.3 Å². The second-order valence-corrected chi connectivity index (χ2v) is 10.6. The lowest BCUT2D eigenvalue weighted by molar-refractivity contribution is -0.238. The van der Waals surface area contributed by atoms with Gasteiger partial charge in [0.05, 0.1) is 16.7 Å². The molecule has 9 heteroatoms. The van der Waals surface area contributed by atoms with Crippen molar-refractivity contribution in [2.24, 2.45) is 28.1 Å².